The molecule has 2 fully saturated rings. The van der Waals surface area contributed by atoms with Gasteiger partial charge in [0.05, 0.1) is 11.2 Å². The Balaban J connectivity index is 1.30. The molecule has 1 aliphatic carbocycles. The van der Waals surface area contributed by atoms with Gasteiger partial charge in [0, 0.05) is 36.4 Å². The molecule has 0 amide bonds. The Bertz CT molecular complexity index is 635. The van der Waals surface area contributed by atoms with E-state index in [1.54, 1.807) is 23.7 Å². The van der Waals surface area contributed by atoms with Crippen molar-refractivity contribution in [1.29, 1.82) is 0 Å². The van der Waals surface area contributed by atoms with Crippen molar-refractivity contribution in [3.05, 3.63) is 34.5 Å². The third-order valence-electron chi connectivity index (χ3n) is 4.99. The number of anilines is 1. The molecule has 0 unspecified atom stereocenters. The summed E-state index contributed by atoms with van der Waals surface area (Å²) in [7, 11) is 0. The number of nitrogens with one attached hydrogen (secondary N) is 1. The van der Waals surface area contributed by atoms with Gasteiger partial charge in [0.2, 0.25) is 5.95 Å². The summed E-state index contributed by atoms with van der Waals surface area (Å²) in [4.78, 5) is 16.9. The molecule has 2 aliphatic rings. The number of hydrogen-bond donors (Lipinski definition) is 1. The molecule has 2 aromatic rings. The molecule has 22 heavy (non-hydrogen) atoms. The number of nitrogens with zero attached hydrogens (tertiary/aromatic N) is 4. The molecule has 2 aromatic heterocycles. The fraction of sp³-hybridized carbons (Fsp3) is 0.562. The van der Waals surface area contributed by atoms with Gasteiger partial charge in [0.1, 0.15) is 0 Å². The fourth-order valence-corrected chi connectivity index (χ4v) is 4.64. The molecule has 1 saturated heterocycles. The zero-order valence-electron chi connectivity index (χ0n) is 12.8. The van der Waals surface area contributed by atoms with E-state index >= 15 is 0 Å². The quantitative estimate of drug-likeness (QED) is 0.940. The van der Waals surface area contributed by atoms with Crippen LogP contribution in [0.2, 0.25) is 0 Å². The lowest BCUT2D eigenvalue weighted by Crippen LogP contribution is -2.47. The molecule has 6 heteroatoms. The number of thiazole rings is 1. The molecular formula is C16H21N5S. The van der Waals surface area contributed by atoms with Crippen molar-refractivity contribution in [3.8, 4) is 0 Å². The van der Waals surface area contributed by atoms with E-state index in [9.17, 15) is 0 Å². The minimum Gasteiger partial charge on any atom is -0.351 e. The van der Waals surface area contributed by atoms with Gasteiger partial charge in [-0.3, -0.25) is 4.90 Å². The van der Waals surface area contributed by atoms with E-state index in [0.717, 1.165) is 12.5 Å². The number of aryl methyl sites for hydroxylation is 1. The maximum atomic E-state index is 4.36. The van der Waals surface area contributed by atoms with Crippen LogP contribution in [0.25, 0.3) is 0 Å². The minimum absolute atomic E-state index is 0.519. The standard InChI is InChI=1S/C16H21N5S/c1-12-14(22-11-19-12)9-21-6-3-16(10-21)7-13(8-16)20-15-17-4-2-5-18-15/h2,4-5,11,13H,3,6-10H2,1H3,(H,17,18,20). The summed E-state index contributed by atoms with van der Waals surface area (Å²) in [5.41, 5.74) is 3.67. The Morgan fingerprint density at radius 2 is 2.14 bits per heavy atom. The van der Waals surface area contributed by atoms with Crippen LogP contribution in [0.3, 0.4) is 0 Å². The second kappa shape index (κ2) is 5.59. The highest BCUT2D eigenvalue weighted by Crippen LogP contribution is 2.49. The van der Waals surface area contributed by atoms with Gasteiger partial charge < -0.3 is 5.32 Å². The zero-order chi connectivity index (χ0) is 15.0. The Morgan fingerprint density at radius 1 is 1.32 bits per heavy atom. The molecule has 0 bridgehead atoms. The van der Waals surface area contributed by atoms with E-state index in [4.69, 9.17) is 0 Å². The van der Waals surface area contributed by atoms with Gasteiger partial charge >= 0.3 is 0 Å². The highest BCUT2D eigenvalue weighted by Gasteiger charge is 2.48. The van der Waals surface area contributed by atoms with Crippen LogP contribution in [0.15, 0.2) is 24.0 Å². The first-order chi connectivity index (χ1) is 10.7. The van der Waals surface area contributed by atoms with E-state index in [-0.39, 0.29) is 0 Å². The molecule has 0 radical (unpaired) electrons. The van der Waals surface area contributed by atoms with Crippen molar-refractivity contribution in [2.24, 2.45) is 5.41 Å². The van der Waals surface area contributed by atoms with Crippen LogP contribution < -0.4 is 5.32 Å². The third-order valence-corrected chi connectivity index (χ3v) is 5.91. The predicted molar refractivity (Wildman–Crippen MR) is 87.9 cm³/mol. The SMILES string of the molecule is Cc1ncsc1CN1CCC2(CC(Nc3ncccn3)C2)C1. The molecular weight excluding hydrogens is 294 g/mol. The minimum atomic E-state index is 0.519. The molecule has 5 nitrogen and oxygen atoms in total. The lowest BCUT2D eigenvalue weighted by atomic mass is 9.65. The Hall–Kier alpha value is -1.53. The first kappa shape index (κ1) is 14.1. The highest BCUT2D eigenvalue weighted by atomic mass is 32.1. The topological polar surface area (TPSA) is 53.9 Å². The van der Waals surface area contributed by atoms with Crippen molar-refractivity contribution in [2.75, 3.05) is 18.4 Å². The molecule has 1 aliphatic heterocycles. The Labute approximate surface area is 134 Å². The molecule has 1 saturated carbocycles. The number of aromatic nitrogens is 3. The number of rotatable bonds is 4. The highest BCUT2D eigenvalue weighted by molar-refractivity contribution is 7.09. The summed E-state index contributed by atoms with van der Waals surface area (Å²) in [6, 6.07) is 2.39. The van der Waals surface area contributed by atoms with Crippen molar-refractivity contribution < 1.29 is 0 Å². The normalized spacial score (nSPS) is 28.0. The van der Waals surface area contributed by atoms with Crippen molar-refractivity contribution in [1.82, 2.24) is 19.9 Å². The van der Waals surface area contributed by atoms with E-state index in [1.165, 1.54) is 42.9 Å². The van der Waals surface area contributed by atoms with Crippen molar-refractivity contribution >= 4 is 17.3 Å². The van der Waals surface area contributed by atoms with Gasteiger partial charge in [0.25, 0.3) is 0 Å². The number of likely N-dealkylation sites (tertiary alicyclic amines) is 1. The summed E-state index contributed by atoms with van der Waals surface area (Å²) in [6.07, 6.45) is 7.38. The largest absolute Gasteiger partial charge is 0.351 e. The lowest BCUT2D eigenvalue weighted by molar-refractivity contribution is 0.120. The van der Waals surface area contributed by atoms with Gasteiger partial charge in [-0.25, -0.2) is 15.0 Å². The van der Waals surface area contributed by atoms with Gasteiger partial charge in [-0.05, 0) is 44.2 Å². The van der Waals surface area contributed by atoms with Crippen LogP contribution in [0.1, 0.15) is 29.8 Å². The smallest absolute Gasteiger partial charge is 0.222 e. The molecule has 0 atom stereocenters. The summed E-state index contributed by atoms with van der Waals surface area (Å²) in [5.74, 6) is 0.762. The van der Waals surface area contributed by atoms with Gasteiger partial charge in [-0.1, -0.05) is 0 Å². The van der Waals surface area contributed by atoms with E-state index in [2.05, 4.69) is 32.1 Å². The summed E-state index contributed by atoms with van der Waals surface area (Å²) < 4.78 is 0. The van der Waals surface area contributed by atoms with Crippen LogP contribution in [0.5, 0.6) is 0 Å². The lowest BCUT2D eigenvalue weighted by Gasteiger charge is -2.45. The monoisotopic (exact) mass is 315 g/mol. The number of hydrogen-bond acceptors (Lipinski definition) is 6. The van der Waals surface area contributed by atoms with Crippen LogP contribution in [-0.2, 0) is 6.54 Å². The Morgan fingerprint density at radius 3 is 2.86 bits per heavy atom. The second-order valence-electron chi connectivity index (χ2n) is 6.64. The molecule has 3 heterocycles. The molecule has 1 spiro atoms. The first-order valence-electron chi connectivity index (χ1n) is 7.87. The average molecular weight is 315 g/mol. The van der Waals surface area contributed by atoms with E-state index in [0.29, 0.717) is 11.5 Å². The van der Waals surface area contributed by atoms with Gasteiger partial charge in [0.15, 0.2) is 0 Å². The van der Waals surface area contributed by atoms with Crippen LogP contribution in [0, 0.1) is 12.3 Å². The zero-order valence-corrected chi connectivity index (χ0v) is 13.6. The molecule has 4 rings (SSSR count). The summed E-state index contributed by atoms with van der Waals surface area (Å²) in [5, 5.41) is 3.45. The van der Waals surface area contributed by atoms with E-state index < -0.39 is 0 Å². The van der Waals surface area contributed by atoms with Crippen molar-refractivity contribution in [2.45, 2.75) is 38.8 Å². The summed E-state index contributed by atoms with van der Waals surface area (Å²) in [6.45, 7) is 5.61. The molecule has 0 aromatic carbocycles. The average Bonchev–Trinajstić information content (AvgIpc) is 3.08. The summed E-state index contributed by atoms with van der Waals surface area (Å²) >= 11 is 1.78. The van der Waals surface area contributed by atoms with Gasteiger partial charge in [-0.15, -0.1) is 11.3 Å². The Kier molecular flexibility index (Phi) is 3.58. The fourth-order valence-electron chi connectivity index (χ4n) is 3.82. The predicted octanol–water partition coefficient (Wildman–Crippen LogP) is 2.71. The maximum absolute atomic E-state index is 4.36. The molecule has 1 N–H and O–H groups in total. The first-order valence-corrected chi connectivity index (χ1v) is 8.75. The van der Waals surface area contributed by atoms with Crippen molar-refractivity contribution in [3.63, 3.8) is 0 Å². The van der Waals surface area contributed by atoms with Crippen LogP contribution >= 0.6 is 11.3 Å². The van der Waals surface area contributed by atoms with Crippen LogP contribution in [-0.4, -0.2) is 39.0 Å². The maximum Gasteiger partial charge on any atom is 0.222 e. The molecule has 116 valence electrons. The van der Waals surface area contributed by atoms with E-state index in [1.807, 2.05) is 11.6 Å². The van der Waals surface area contributed by atoms with Crippen LogP contribution in [0.4, 0.5) is 5.95 Å². The second-order valence-corrected chi connectivity index (χ2v) is 7.58. The van der Waals surface area contributed by atoms with Gasteiger partial charge in [-0.2, -0.15) is 0 Å². The third kappa shape index (κ3) is 2.73.